The molecule has 2 aromatic rings. The average molecular weight is 277 g/mol. The van der Waals surface area contributed by atoms with Crippen molar-refractivity contribution in [3.63, 3.8) is 0 Å². The first-order chi connectivity index (χ1) is 8.97. The van der Waals surface area contributed by atoms with Crippen molar-refractivity contribution in [3.05, 3.63) is 52.5 Å². The Morgan fingerprint density at radius 3 is 2.68 bits per heavy atom. The number of phenols is 1. The van der Waals surface area contributed by atoms with Gasteiger partial charge in [-0.05, 0) is 48.9 Å². The van der Waals surface area contributed by atoms with E-state index in [2.05, 4.69) is 5.32 Å². The summed E-state index contributed by atoms with van der Waals surface area (Å²) in [5.74, 6) is -0.383. The maximum atomic E-state index is 12.1. The number of aryl methyl sites for hydroxylation is 1. The molecule has 4 nitrogen and oxygen atoms in total. The van der Waals surface area contributed by atoms with Crippen LogP contribution < -0.4 is 11.1 Å². The molecule has 0 aromatic heterocycles. The number of nitrogen functional groups attached to an aromatic ring is 1. The summed E-state index contributed by atoms with van der Waals surface area (Å²) in [5, 5.41) is 12.7. The van der Waals surface area contributed by atoms with E-state index in [0.717, 1.165) is 5.56 Å². The van der Waals surface area contributed by atoms with Crippen LogP contribution in [0.5, 0.6) is 5.75 Å². The van der Waals surface area contributed by atoms with E-state index >= 15 is 0 Å². The lowest BCUT2D eigenvalue weighted by Gasteiger charge is -2.10. The number of benzene rings is 2. The molecule has 0 aliphatic carbocycles. The molecule has 0 fully saturated rings. The van der Waals surface area contributed by atoms with Gasteiger partial charge in [0.15, 0.2) is 0 Å². The number of hydrogen-bond donors (Lipinski definition) is 3. The maximum Gasteiger partial charge on any atom is 0.257 e. The van der Waals surface area contributed by atoms with Crippen LogP contribution in [-0.2, 0) is 0 Å². The van der Waals surface area contributed by atoms with E-state index in [4.69, 9.17) is 17.3 Å². The Kier molecular flexibility index (Phi) is 3.62. The van der Waals surface area contributed by atoms with Crippen molar-refractivity contribution in [3.8, 4) is 5.75 Å². The van der Waals surface area contributed by atoms with Crippen LogP contribution in [0, 0.1) is 6.92 Å². The summed E-state index contributed by atoms with van der Waals surface area (Å²) in [7, 11) is 0. The third kappa shape index (κ3) is 2.98. The lowest BCUT2D eigenvalue weighted by atomic mass is 10.1. The van der Waals surface area contributed by atoms with Gasteiger partial charge in [-0.3, -0.25) is 4.79 Å². The van der Waals surface area contributed by atoms with Crippen LogP contribution >= 0.6 is 11.6 Å². The van der Waals surface area contributed by atoms with Crippen molar-refractivity contribution in [2.75, 3.05) is 11.1 Å². The Morgan fingerprint density at radius 1 is 1.26 bits per heavy atom. The molecule has 5 heteroatoms. The van der Waals surface area contributed by atoms with Crippen molar-refractivity contribution in [1.29, 1.82) is 0 Å². The predicted octanol–water partition coefficient (Wildman–Crippen LogP) is 3.19. The van der Waals surface area contributed by atoms with Gasteiger partial charge >= 0.3 is 0 Å². The molecule has 1 amide bonds. The van der Waals surface area contributed by atoms with Gasteiger partial charge in [0, 0.05) is 16.4 Å². The van der Waals surface area contributed by atoms with Crippen molar-refractivity contribution in [1.82, 2.24) is 0 Å². The molecule has 2 aromatic carbocycles. The van der Waals surface area contributed by atoms with Gasteiger partial charge < -0.3 is 16.2 Å². The molecule has 0 atom stereocenters. The first-order valence-corrected chi connectivity index (χ1v) is 6.01. The monoisotopic (exact) mass is 276 g/mol. The number of rotatable bonds is 2. The highest BCUT2D eigenvalue weighted by atomic mass is 35.5. The second kappa shape index (κ2) is 5.20. The molecule has 0 aliphatic heterocycles. The van der Waals surface area contributed by atoms with Crippen LogP contribution in [0.25, 0.3) is 0 Å². The fourth-order valence-electron chi connectivity index (χ4n) is 1.70. The minimum absolute atomic E-state index is 0.00724. The normalized spacial score (nSPS) is 10.2. The van der Waals surface area contributed by atoms with Crippen LogP contribution in [-0.4, -0.2) is 11.0 Å². The molecule has 0 bridgehead atoms. The van der Waals surface area contributed by atoms with Gasteiger partial charge in [-0.1, -0.05) is 11.6 Å². The fraction of sp³-hybridized carbons (Fsp3) is 0.0714. The number of halogens is 1. The molecule has 0 unspecified atom stereocenters. The summed E-state index contributed by atoms with van der Waals surface area (Å²) in [5.41, 5.74) is 7.75. The predicted molar refractivity (Wildman–Crippen MR) is 76.7 cm³/mol. The smallest absolute Gasteiger partial charge is 0.257 e. The van der Waals surface area contributed by atoms with E-state index in [0.29, 0.717) is 16.4 Å². The first-order valence-electron chi connectivity index (χ1n) is 5.63. The summed E-state index contributed by atoms with van der Waals surface area (Å²) in [6, 6.07) is 9.40. The summed E-state index contributed by atoms with van der Waals surface area (Å²) < 4.78 is 0. The van der Waals surface area contributed by atoms with Gasteiger partial charge in [0.25, 0.3) is 5.91 Å². The van der Waals surface area contributed by atoms with Gasteiger partial charge in [-0.15, -0.1) is 0 Å². The molecular weight excluding hydrogens is 264 g/mol. The Hall–Kier alpha value is -2.20. The number of carbonyl (C=O) groups is 1. The van der Waals surface area contributed by atoms with Gasteiger partial charge in [0.1, 0.15) is 5.75 Å². The number of hydrogen-bond acceptors (Lipinski definition) is 3. The molecule has 2 rings (SSSR count). The fourth-order valence-corrected chi connectivity index (χ4v) is 1.92. The van der Waals surface area contributed by atoms with Gasteiger partial charge in [-0.2, -0.15) is 0 Å². The molecule has 19 heavy (non-hydrogen) atoms. The highest BCUT2D eigenvalue weighted by molar-refractivity contribution is 6.30. The van der Waals surface area contributed by atoms with Gasteiger partial charge in [0.05, 0.1) is 5.56 Å². The molecule has 0 saturated carbocycles. The standard InChI is InChI=1S/C14H13ClN2O2/c1-8-6-9(15)2-5-13(8)17-14(19)11-7-10(18)3-4-12(11)16/h2-7,18H,16H2,1H3,(H,17,19). The highest BCUT2D eigenvalue weighted by Gasteiger charge is 2.12. The lowest BCUT2D eigenvalue weighted by molar-refractivity contribution is 0.102. The Labute approximate surface area is 115 Å². The van der Waals surface area contributed by atoms with E-state index < -0.39 is 0 Å². The molecule has 0 radical (unpaired) electrons. The van der Waals surface area contributed by atoms with E-state index in [-0.39, 0.29) is 17.2 Å². The Bertz CT molecular complexity index is 641. The quantitative estimate of drug-likeness (QED) is 0.582. The molecule has 4 N–H and O–H groups in total. The van der Waals surface area contributed by atoms with Crippen LogP contribution in [0.1, 0.15) is 15.9 Å². The zero-order valence-corrected chi connectivity index (χ0v) is 11.0. The molecule has 0 spiro atoms. The summed E-state index contributed by atoms with van der Waals surface area (Å²) in [4.78, 5) is 12.1. The van der Waals surface area contributed by atoms with Crippen molar-refractivity contribution < 1.29 is 9.90 Å². The number of anilines is 2. The number of amides is 1. The van der Waals surface area contributed by atoms with Crippen molar-refractivity contribution in [2.24, 2.45) is 0 Å². The number of phenolic OH excluding ortho intramolecular Hbond substituents is 1. The summed E-state index contributed by atoms with van der Waals surface area (Å²) >= 11 is 5.85. The zero-order valence-electron chi connectivity index (χ0n) is 10.3. The minimum Gasteiger partial charge on any atom is -0.508 e. The van der Waals surface area contributed by atoms with Crippen LogP contribution in [0.2, 0.25) is 5.02 Å². The highest BCUT2D eigenvalue weighted by Crippen LogP contribution is 2.23. The topological polar surface area (TPSA) is 75.3 Å². The van der Waals surface area contributed by atoms with Crippen molar-refractivity contribution in [2.45, 2.75) is 6.92 Å². The van der Waals surface area contributed by atoms with E-state index in [1.165, 1.54) is 18.2 Å². The van der Waals surface area contributed by atoms with Crippen LogP contribution in [0.15, 0.2) is 36.4 Å². The van der Waals surface area contributed by atoms with Gasteiger partial charge in [0.2, 0.25) is 0 Å². The summed E-state index contributed by atoms with van der Waals surface area (Å²) in [6.45, 7) is 1.84. The zero-order chi connectivity index (χ0) is 14.0. The number of nitrogens with one attached hydrogen (secondary N) is 1. The molecule has 0 saturated heterocycles. The Morgan fingerprint density at radius 2 is 2.00 bits per heavy atom. The maximum absolute atomic E-state index is 12.1. The van der Waals surface area contributed by atoms with Crippen LogP contribution in [0.3, 0.4) is 0 Å². The first kappa shape index (κ1) is 13.2. The number of aromatic hydroxyl groups is 1. The van der Waals surface area contributed by atoms with Crippen LogP contribution in [0.4, 0.5) is 11.4 Å². The molecule has 98 valence electrons. The minimum atomic E-state index is -0.376. The van der Waals surface area contributed by atoms with Crippen molar-refractivity contribution >= 4 is 28.9 Å². The Balaban J connectivity index is 2.28. The number of carbonyl (C=O) groups excluding carboxylic acids is 1. The van der Waals surface area contributed by atoms with E-state index in [1.807, 2.05) is 6.92 Å². The third-order valence-electron chi connectivity index (χ3n) is 2.72. The lowest BCUT2D eigenvalue weighted by Crippen LogP contribution is -2.14. The van der Waals surface area contributed by atoms with E-state index in [1.54, 1.807) is 18.2 Å². The molecule has 0 aliphatic rings. The largest absolute Gasteiger partial charge is 0.508 e. The number of nitrogens with two attached hydrogens (primary N) is 1. The molecular formula is C14H13ClN2O2. The summed E-state index contributed by atoms with van der Waals surface area (Å²) in [6.07, 6.45) is 0. The van der Waals surface area contributed by atoms with Gasteiger partial charge in [-0.25, -0.2) is 0 Å². The average Bonchev–Trinajstić information content (AvgIpc) is 2.35. The van der Waals surface area contributed by atoms with E-state index in [9.17, 15) is 9.90 Å². The third-order valence-corrected chi connectivity index (χ3v) is 2.95. The second-order valence-corrected chi connectivity index (χ2v) is 4.62. The molecule has 0 heterocycles. The second-order valence-electron chi connectivity index (χ2n) is 4.18. The SMILES string of the molecule is Cc1cc(Cl)ccc1NC(=O)c1cc(O)ccc1N.